The minimum atomic E-state index is 0.299. The van der Waals surface area contributed by atoms with Gasteiger partial charge in [-0.1, -0.05) is 37.6 Å². The van der Waals surface area contributed by atoms with Crippen molar-refractivity contribution in [3.05, 3.63) is 34.9 Å². The number of nitrogens with two attached hydrogens (primary N) is 1. The van der Waals surface area contributed by atoms with E-state index in [1.165, 1.54) is 12.0 Å². The molecule has 0 saturated carbocycles. The molecule has 0 heterocycles. The second-order valence-corrected chi connectivity index (χ2v) is 6.16. The lowest BCUT2D eigenvalue weighted by atomic mass is 10.1. The second kappa shape index (κ2) is 7.98. The third-order valence-electron chi connectivity index (χ3n) is 2.76. The van der Waals surface area contributed by atoms with E-state index in [4.69, 9.17) is 17.4 Å². The lowest BCUT2D eigenvalue weighted by molar-refractivity contribution is 0.574. The van der Waals surface area contributed by atoms with Gasteiger partial charge in [0.1, 0.15) is 0 Å². The average molecular weight is 273 g/mol. The number of rotatable bonds is 7. The third-order valence-corrected chi connectivity index (χ3v) is 4.50. The molecule has 0 saturated heterocycles. The van der Waals surface area contributed by atoms with Crippen LogP contribution in [0.25, 0.3) is 0 Å². The zero-order chi connectivity index (χ0) is 12.7. The van der Waals surface area contributed by atoms with Crippen molar-refractivity contribution in [1.82, 2.24) is 5.43 Å². The highest BCUT2D eigenvalue weighted by molar-refractivity contribution is 7.99. The maximum absolute atomic E-state index is 5.96. The Labute approximate surface area is 113 Å². The normalized spacial score (nSPS) is 14.6. The Morgan fingerprint density at radius 3 is 2.82 bits per heavy atom. The summed E-state index contributed by atoms with van der Waals surface area (Å²) in [5, 5.41) is 1.47. The third kappa shape index (κ3) is 5.77. The molecular weight excluding hydrogens is 252 g/mol. The van der Waals surface area contributed by atoms with Crippen LogP contribution in [-0.4, -0.2) is 17.0 Å². The van der Waals surface area contributed by atoms with Gasteiger partial charge in [-0.15, -0.1) is 0 Å². The Kier molecular flexibility index (Phi) is 6.97. The zero-order valence-corrected chi connectivity index (χ0v) is 12.0. The van der Waals surface area contributed by atoms with Gasteiger partial charge in [-0.25, -0.2) is 0 Å². The molecule has 0 aromatic heterocycles. The summed E-state index contributed by atoms with van der Waals surface area (Å²) in [5.74, 6) is 6.62. The van der Waals surface area contributed by atoms with Crippen LogP contribution in [-0.2, 0) is 6.42 Å². The summed E-state index contributed by atoms with van der Waals surface area (Å²) in [6, 6.07) is 8.26. The summed E-state index contributed by atoms with van der Waals surface area (Å²) in [5.41, 5.74) is 4.11. The second-order valence-electron chi connectivity index (χ2n) is 4.25. The van der Waals surface area contributed by atoms with Crippen molar-refractivity contribution in [1.29, 1.82) is 0 Å². The van der Waals surface area contributed by atoms with Gasteiger partial charge in [0.15, 0.2) is 0 Å². The molecule has 1 aromatic carbocycles. The number of hydrogen-bond acceptors (Lipinski definition) is 3. The van der Waals surface area contributed by atoms with Crippen LogP contribution in [0.4, 0.5) is 0 Å². The monoisotopic (exact) mass is 272 g/mol. The summed E-state index contributed by atoms with van der Waals surface area (Å²) >= 11 is 7.92. The van der Waals surface area contributed by atoms with Crippen LogP contribution in [0.3, 0.4) is 0 Å². The van der Waals surface area contributed by atoms with Gasteiger partial charge in [-0.2, -0.15) is 11.8 Å². The summed E-state index contributed by atoms with van der Waals surface area (Å²) < 4.78 is 0. The van der Waals surface area contributed by atoms with E-state index in [2.05, 4.69) is 25.3 Å². The fraction of sp³-hybridized carbons (Fsp3) is 0.538. The van der Waals surface area contributed by atoms with Gasteiger partial charge in [0.05, 0.1) is 0 Å². The average Bonchev–Trinajstić information content (AvgIpc) is 2.34. The zero-order valence-electron chi connectivity index (χ0n) is 10.4. The molecule has 2 unspecified atom stereocenters. The minimum Gasteiger partial charge on any atom is -0.271 e. The number of halogens is 1. The smallest absolute Gasteiger partial charge is 0.0408 e. The molecular formula is C13H21ClN2S. The first-order valence-corrected chi connectivity index (χ1v) is 7.40. The highest BCUT2D eigenvalue weighted by Crippen LogP contribution is 2.17. The molecule has 2 nitrogen and oxygen atoms in total. The largest absolute Gasteiger partial charge is 0.271 e. The van der Waals surface area contributed by atoms with E-state index in [1.807, 2.05) is 30.0 Å². The van der Waals surface area contributed by atoms with E-state index in [0.717, 1.165) is 17.2 Å². The predicted octanol–water partition coefficient (Wildman–Crippen LogP) is 3.25. The molecule has 0 aliphatic carbocycles. The first kappa shape index (κ1) is 14.8. The van der Waals surface area contributed by atoms with Gasteiger partial charge in [0.25, 0.3) is 0 Å². The molecule has 17 heavy (non-hydrogen) atoms. The number of nitrogens with one attached hydrogen (secondary N) is 1. The van der Waals surface area contributed by atoms with Crippen molar-refractivity contribution in [2.75, 3.05) is 5.75 Å². The standard InChI is InChI=1S/C13H21ClN2S/c1-3-10(2)17-9-13(16-15)8-11-5-4-6-12(14)7-11/h4-7,10,13,16H,3,8-9,15H2,1-2H3. The Hall–Kier alpha value is -0.220. The van der Waals surface area contributed by atoms with Crippen LogP contribution >= 0.6 is 23.4 Å². The Morgan fingerprint density at radius 2 is 2.24 bits per heavy atom. The van der Waals surface area contributed by atoms with Gasteiger partial charge in [0.2, 0.25) is 0 Å². The molecule has 0 aliphatic heterocycles. The molecule has 4 heteroatoms. The summed E-state index contributed by atoms with van der Waals surface area (Å²) in [6.45, 7) is 4.46. The van der Waals surface area contributed by atoms with Crippen molar-refractivity contribution in [2.24, 2.45) is 5.84 Å². The Bertz CT molecular complexity index is 333. The quantitative estimate of drug-likeness (QED) is 0.591. The number of thioether (sulfide) groups is 1. The molecule has 96 valence electrons. The van der Waals surface area contributed by atoms with E-state index in [9.17, 15) is 0 Å². The molecule has 1 rings (SSSR count). The highest BCUT2D eigenvalue weighted by Gasteiger charge is 2.10. The van der Waals surface area contributed by atoms with Crippen LogP contribution in [0, 0.1) is 0 Å². The first-order chi connectivity index (χ1) is 8.15. The van der Waals surface area contributed by atoms with E-state index in [-0.39, 0.29) is 0 Å². The SMILES string of the molecule is CCC(C)SCC(Cc1cccc(Cl)c1)NN. The van der Waals surface area contributed by atoms with Gasteiger partial charge in [-0.05, 0) is 30.5 Å². The number of benzene rings is 1. The Morgan fingerprint density at radius 1 is 1.47 bits per heavy atom. The van der Waals surface area contributed by atoms with Crippen molar-refractivity contribution in [3.63, 3.8) is 0 Å². The van der Waals surface area contributed by atoms with E-state index >= 15 is 0 Å². The molecule has 2 atom stereocenters. The summed E-state index contributed by atoms with van der Waals surface area (Å²) in [7, 11) is 0. The first-order valence-electron chi connectivity index (χ1n) is 5.97. The highest BCUT2D eigenvalue weighted by atomic mass is 35.5. The van der Waals surface area contributed by atoms with Gasteiger partial charge < -0.3 is 0 Å². The van der Waals surface area contributed by atoms with Gasteiger partial charge >= 0.3 is 0 Å². The van der Waals surface area contributed by atoms with Crippen LogP contribution in [0.15, 0.2) is 24.3 Å². The van der Waals surface area contributed by atoms with E-state index < -0.39 is 0 Å². The number of hydrazine groups is 1. The van der Waals surface area contributed by atoms with Crippen LogP contribution in [0.2, 0.25) is 5.02 Å². The predicted molar refractivity (Wildman–Crippen MR) is 78.5 cm³/mol. The molecule has 0 amide bonds. The molecule has 0 radical (unpaired) electrons. The van der Waals surface area contributed by atoms with Gasteiger partial charge in [-0.3, -0.25) is 11.3 Å². The van der Waals surface area contributed by atoms with E-state index in [1.54, 1.807) is 0 Å². The summed E-state index contributed by atoms with van der Waals surface area (Å²) in [4.78, 5) is 0. The van der Waals surface area contributed by atoms with Crippen LogP contribution in [0.1, 0.15) is 25.8 Å². The fourth-order valence-corrected chi connectivity index (χ4v) is 2.74. The van der Waals surface area contributed by atoms with E-state index in [0.29, 0.717) is 11.3 Å². The fourth-order valence-electron chi connectivity index (χ4n) is 1.51. The maximum atomic E-state index is 5.96. The van der Waals surface area contributed by atoms with Crippen molar-refractivity contribution >= 4 is 23.4 Å². The molecule has 0 aliphatic rings. The van der Waals surface area contributed by atoms with Gasteiger partial charge in [0, 0.05) is 22.1 Å². The Balaban J connectivity index is 2.46. The number of hydrogen-bond donors (Lipinski definition) is 2. The molecule has 1 aromatic rings. The molecule has 0 fully saturated rings. The lowest BCUT2D eigenvalue weighted by Crippen LogP contribution is -2.39. The lowest BCUT2D eigenvalue weighted by Gasteiger charge is -2.17. The molecule has 0 bridgehead atoms. The maximum Gasteiger partial charge on any atom is 0.0408 e. The van der Waals surface area contributed by atoms with Crippen LogP contribution < -0.4 is 11.3 Å². The van der Waals surface area contributed by atoms with Crippen molar-refractivity contribution < 1.29 is 0 Å². The minimum absolute atomic E-state index is 0.299. The summed E-state index contributed by atoms with van der Waals surface area (Å²) in [6.07, 6.45) is 2.11. The van der Waals surface area contributed by atoms with Crippen LogP contribution in [0.5, 0.6) is 0 Å². The van der Waals surface area contributed by atoms with Crippen molar-refractivity contribution in [3.8, 4) is 0 Å². The van der Waals surface area contributed by atoms with Crippen molar-refractivity contribution in [2.45, 2.75) is 38.0 Å². The topological polar surface area (TPSA) is 38.0 Å². The molecule has 3 N–H and O–H groups in total. The molecule has 0 spiro atoms.